The van der Waals surface area contributed by atoms with E-state index in [4.69, 9.17) is 9.79 Å². The number of carbonyl (C=O) groups excluding carboxylic acids is 1. The highest BCUT2D eigenvalue weighted by Gasteiger charge is 2.25. The largest absolute Gasteiger partial charge is 0.469 e. The molecule has 0 bridgehead atoms. The molecule has 0 aromatic heterocycles. The highest BCUT2D eigenvalue weighted by Crippen LogP contribution is 2.36. The van der Waals surface area contributed by atoms with Gasteiger partial charge in [-0.05, 0) is 12.8 Å². The van der Waals surface area contributed by atoms with Crippen molar-refractivity contribution in [2.75, 3.05) is 6.61 Å². The third kappa shape index (κ3) is 32.9. The summed E-state index contributed by atoms with van der Waals surface area (Å²) in [6.45, 7) is 4.11. The van der Waals surface area contributed by atoms with E-state index in [1.807, 2.05) is 0 Å². The van der Waals surface area contributed by atoms with Crippen LogP contribution < -0.4 is 5.32 Å². The first kappa shape index (κ1) is 43.5. The molecule has 8 heteroatoms. The molecule has 0 fully saturated rings. The molecule has 0 unspecified atom stereocenters. The fraction of sp³-hybridized carbons (Fsp3) is 0.972. The molecule has 4 N–H and O–H groups in total. The van der Waals surface area contributed by atoms with Crippen LogP contribution in [0.4, 0.5) is 0 Å². The number of phosphoric ester groups is 1. The Morgan fingerprint density at radius 3 is 1.23 bits per heavy atom. The van der Waals surface area contributed by atoms with E-state index in [9.17, 15) is 14.5 Å². The number of nitrogens with one attached hydrogen (secondary N) is 1. The molecule has 0 spiro atoms. The van der Waals surface area contributed by atoms with Gasteiger partial charge in [0.2, 0.25) is 5.91 Å². The summed E-state index contributed by atoms with van der Waals surface area (Å²) >= 11 is 0. The summed E-state index contributed by atoms with van der Waals surface area (Å²) in [5.41, 5.74) is 0. The van der Waals surface area contributed by atoms with Gasteiger partial charge in [0, 0.05) is 6.42 Å². The monoisotopic (exact) mass is 648 g/mol. The van der Waals surface area contributed by atoms with Gasteiger partial charge in [-0.2, -0.15) is 0 Å². The molecule has 0 aliphatic heterocycles. The number of hydrogen-bond donors (Lipinski definition) is 4. The number of aliphatic hydroxyl groups excluding tert-OH is 1. The van der Waals surface area contributed by atoms with Gasteiger partial charge in [0.25, 0.3) is 0 Å². The molecule has 0 radical (unpaired) electrons. The molecule has 0 heterocycles. The Bertz CT molecular complexity index is 659. The van der Waals surface area contributed by atoms with Gasteiger partial charge in [0.15, 0.2) is 0 Å². The molecular weight excluding hydrogens is 573 g/mol. The van der Waals surface area contributed by atoms with Crippen LogP contribution in [-0.4, -0.2) is 39.6 Å². The lowest BCUT2D eigenvalue weighted by molar-refractivity contribution is -0.123. The summed E-state index contributed by atoms with van der Waals surface area (Å²) in [6, 6.07) is -0.816. The maximum Gasteiger partial charge on any atom is 0.469 e. The van der Waals surface area contributed by atoms with Crippen molar-refractivity contribution in [1.82, 2.24) is 5.32 Å². The zero-order chi connectivity index (χ0) is 32.6. The molecule has 264 valence electrons. The van der Waals surface area contributed by atoms with E-state index in [0.29, 0.717) is 12.8 Å². The quantitative estimate of drug-likeness (QED) is 0.0402. The lowest BCUT2D eigenvalue weighted by atomic mass is 10.0. The minimum atomic E-state index is -4.68. The van der Waals surface area contributed by atoms with Gasteiger partial charge in [-0.1, -0.05) is 187 Å². The molecule has 2 atom stereocenters. The maximum absolute atomic E-state index is 12.5. The highest BCUT2D eigenvalue weighted by molar-refractivity contribution is 7.46. The van der Waals surface area contributed by atoms with Crippen LogP contribution in [0.1, 0.15) is 206 Å². The number of carbonyl (C=O) groups is 1. The van der Waals surface area contributed by atoms with Crippen LogP contribution in [0.5, 0.6) is 0 Å². The van der Waals surface area contributed by atoms with E-state index < -0.39 is 26.6 Å². The van der Waals surface area contributed by atoms with Gasteiger partial charge in [-0.25, -0.2) is 4.57 Å². The molecule has 0 aliphatic rings. The second kappa shape index (κ2) is 32.5. The second-order valence-corrected chi connectivity index (χ2v) is 14.5. The van der Waals surface area contributed by atoms with E-state index in [2.05, 4.69) is 23.7 Å². The number of unbranched alkanes of at least 4 members (excludes halogenated alkanes) is 26. The smallest absolute Gasteiger partial charge is 0.391 e. The number of rotatable bonds is 35. The second-order valence-electron chi connectivity index (χ2n) is 13.3. The van der Waals surface area contributed by atoms with E-state index in [1.54, 1.807) is 0 Å². The maximum atomic E-state index is 12.5. The first-order valence-electron chi connectivity index (χ1n) is 19.0. The zero-order valence-electron chi connectivity index (χ0n) is 29.1. The summed E-state index contributed by atoms with van der Waals surface area (Å²) < 4.78 is 15.9. The van der Waals surface area contributed by atoms with Gasteiger partial charge in [0.05, 0.1) is 18.8 Å². The molecule has 0 saturated carbocycles. The predicted molar refractivity (Wildman–Crippen MR) is 186 cm³/mol. The summed E-state index contributed by atoms with van der Waals surface area (Å²) in [7, 11) is -4.68. The standard InChI is InChI=1S/C36H74NO6P/c1-3-5-7-9-11-13-15-16-17-18-19-20-22-24-26-28-30-32-36(39)37-34(33-43-44(40,41)42)35(38)31-29-27-25-23-21-14-12-10-8-6-4-2/h34-35,38H,3-33H2,1-2H3,(H,37,39)(H2,40,41,42)/t34-,35+/m0/s1. The molecule has 0 rings (SSSR count). The Labute approximate surface area is 272 Å². The zero-order valence-corrected chi connectivity index (χ0v) is 30.0. The van der Waals surface area contributed by atoms with Gasteiger partial charge in [-0.15, -0.1) is 0 Å². The SMILES string of the molecule is CCCCCCCCCCCCCCCCCCCC(=O)N[C@@H](COP(=O)(O)O)[C@H](O)CCCCCCCCCCCCC. The van der Waals surface area contributed by atoms with Crippen molar-refractivity contribution in [1.29, 1.82) is 0 Å². The van der Waals surface area contributed by atoms with Gasteiger partial charge in [0.1, 0.15) is 0 Å². The lowest BCUT2D eigenvalue weighted by Crippen LogP contribution is -2.46. The van der Waals surface area contributed by atoms with E-state index in [-0.39, 0.29) is 5.91 Å². The van der Waals surface area contributed by atoms with Crippen LogP contribution in [0.3, 0.4) is 0 Å². The van der Waals surface area contributed by atoms with Crippen molar-refractivity contribution in [3.05, 3.63) is 0 Å². The van der Waals surface area contributed by atoms with Crippen molar-refractivity contribution < 1.29 is 28.8 Å². The van der Waals surface area contributed by atoms with Crippen molar-refractivity contribution >= 4 is 13.7 Å². The minimum Gasteiger partial charge on any atom is -0.391 e. The van der Waals surface area contributed by atoms with E-state index in [1.165, 1.54) is 141 Å². The average Bonchev–Trinajstić information content (AvgIpc) is 2.99. The number of aliphatic hydroxyl groups is 1. The molecule has 1 amide bonds. The lowest BCUT2D eigenvalue weighted by Gasteiger charge is -2.24. The van der Waals surface area contributed by atoms with Crippen LogP contribution in [0.2, 0.25) is 0 Å². The predicted octanol–water partition coefficient (Wildman–Crippen LogP) is 10.7. The molecule has 0 aromatic carbocycles. The molecular formula is C36H74NO6P. The molecule has 7 nitrogen and oxygen atoms in total. The molecule has 0 saturated heterocycles. The average molecular weight is 648 g/mol. The number of hydrogen-bond acceptors (Lipinski definition) is 4. The number of amides is 1. The fourth-order valence-corrected chi connectivity index (χ4v) is 6.29. The molecule has 0 aromatic rings. The van der Waals surface area contributed by atoms with Crippen molar-refractivity contribution in [2.24, 2.45) is 0 Å². The van der Waals surface area contributed by atoms with Crippen LogP contribution in [-0.2, 0) is 13.9 Å². The normalized spacial score (nSPS) is 13.3. The Balaban J connectivity index is 3.90. The summed E-state index contributed by atoms with van der Waals surface area (Å²) in [5, 5.41) is 13.4. The topological polar surface area (TPSA) is 116 Å². The van der Waals surface area contributed by atoms with E-state index in [0.717, 1.165) is 38.5 Å². The fourth-order valence-electron chi connectivity index (χ4n) is 5.93. The molecule has 0 aliphatic carbocycles. The Hall–Kier alpha value is -0.460. The van der Waals surface area contributed by atoms with Crippen LogP contribution >= 0.6 is 7.82 Å². The summed E-state index contributed by atoms with van der Waals surface area (Å²) in [6.07, 6.45) is 35.1. The van der Waals surface area contributed by atoms with Gasteiger partial charge < -0.3 is 20.2 Å². The highest BCUT2D eigenvalue weighted by atomic mass is 31.2. The summed E-state index contributed by atoms with van der Waals surface area (Å²) in [5.74, 6) is -0.191. The van der Waals surface area contributed by atoms with Crippen LogP contribution in [0, 0.1) is 0 Å². The van der Waals surface area contributed by atoms with Gasteiger partial charge in [-0.3, -0.25) is 9.32 Å². The Kier molecular flexibility index (Phi) is 32.1. The van der Waals surface area contributed by atoms with Crippen molar-refractivity contribution in [2.45, 2.75) is 219 Å². The van der Waals surface area contributed by atoms with Crippen LogP contribution in [0.15, 0.2) is 0 Å². The van der Waals surface area contributed by atoms with Crippen molar-refractivity contribution in [3.63, 3.8) is 0 Å². The van der Waals surface area contributed by atoms with Gasteiger partial charge >= 0.3 is 7.82 Å². The van der Waals surface area contributed by atoms with Crippen molar-refractivity contribution in [3.8, 4) is 0 Å². The number of phosphoric acid groups is 1. The third-order valence-electron chi connectivity index (χ3n) is 8.84. The Morgan fingerprint density at radius 2 is 0.886 bits per heavy atom. The van der Waals surface area contributed by atoms with Crippen LogP contribution in [0.25, 0.3) is 0 Å². The molecule has 44 heavy (non-hydrogen) atoms. The Morgan fingerprint density at radius 1 is 0.568 bits per heavy atom. The first-order valence-corrected chi connectivity index (χ1v) is 20.5. The third-order valence-corrected chi connectivity index (χ3v) is 9.33. The minimum absolute atomic E-state index is 0.191. The van der Waals surface area contributed by atoms with E-state index >= 15 is 0 Å². The first-order chi connectivity index (χ1) is 21.3. The summed E-state index contributed by atoms with van der Waals surface area (Å²) in [4.78, 5) is 30.8.